The number of hydrogen-bond donors (Lipinski definition) is 0. The Bertz CT molecular complexity index is 82.9. The van der Waals surface area contributed by atoms with E-state index in [1.54, 1.807) is 7.11 Å². The van der Waals surface area contributed by atoms with Crippen molar-refractivity contribution in [2.45, 2.75) is 13.3 Å². The van der Waals surface area contributed by atoms with Crippen molar-refractivity contribution in [1.82, 2.24) is 0 Å². The fourth-order valence-electron chi connectivity index (χ4n) is 0.695. The molecule has 0 fully saturated rings. The topological polar surface area (TPSA) is 35.5 Å². The normalized spacial score (nSPS) is 12.6. The minimum atomic E-state index is 0.343. The summed E-state index contributed by atoms with van der Waals surface area (Å²) in [5, 5.41) is 0. The highest BCUT2D eigenvalue weighted by atomic mass is 16.5. The van der Waals surface area contributed by atoms with E-state index in [9.17, 15) is 4.79 Å². The molecule has 0 aromatic heterocycles. The van der Waals surface area contributed by atoms with Crippen LogP contribution in [0.3, 0.4) is 0 Å². The number of methoxy groups -OCH3 is 1. The molecule has 0 aliphatic rings. The van der Waals surface area contributed by atoms with Crippen LogP contribution in [-0.2, 0) is 14.3 Å². The Hall–Kier alpha value is -0.570. The van der Waals surface area contributed by atoms with Crippen molar-refractivity contribution in [3.63, 3.8) is 0 Å². The van der Waals surface area contributed by atoms with E-state index in [2.05, 4.69) is 4.74 Å². The minimum Gasteiger partial charge on any atom is -0.468 e. The summed E-state index contributed by atoms with van der Waals surface area (Å²) in [6.07, 6.45) is 0.974. The largest absolute Gasteiger partial charge is 0.468 e. The fourth-order valence-corrected chi connectivity index (χ4v) is 0.695. The number of carbonyl (C=O) groups is 1. The van der Waals surface area contributed by atoms with Gasteiger partial charge in [-0.2, -0.15) is 0 Å². The minimum absolute atomic E-state index is 0.343. The van der Waals surface area contributed by atoms with Crippen molar-refractivity contribution in [2.75, 3.05) is 20.3 Å². The first-order valence-corrected chi connectivity index (χ1v) is 3.39. The molecule has 3 heteroatoms. The van der Waals surface area contributed by atoms with Gasteiger partial charge in [0.15, 0.2) is 0 Å². The second kappa shape index (κ2) is 6.55. The zero-order valence-electron chi connectivity index (χ0n) is 6.50. The molecule has 0 saturated carbocycles. The predicted molar refractivity (Wildman–Crippen MR) is 37.7 cm³/mol. The van der Waals surface area contributed by atoms with Crippen molar-refractivity contribution >= 4 is 6.47 Å². The van der Waals surface area contributed by atoms with Crippen LogP contribution < -0.4 is 0 Å². The number of carbonyl (C=O) groups excluding carboxylic acids is 1. The molecule has 1 unspecified atom stereocenters. The molecule has 0 rings (SSSR count). The maximum Gasteiger partial charge on any atom is 0.293 e. The van der Waals surface area contributed by atoms with Gasteiger partial charge in [0.25, 0.3) is 6.47 Å². The Labute approximate surface area is 61.3 Å². The molecule has 0 amide bonds. The van der Waals surface area contributed by atoms with Crippen LogP contribution in [0.25, 0.3) is 0 Å². The van der Waals surface area contributed by atoms with Gasteiger partial charge in [-0.05, 0) is 6.42 Å². The van der Waals surface area contributed by atoms with Crippen LogP contribution in [0.4, 0.5) is 0 Å². The molecule has 0 saturated heterocycles. The molecule has 0 spiro atoms. The molecule has 0 radical (unpaired) electrons. The molecule has 60 valence electrons. The number of ether oxygens (including phenoxy) is 2. The lowest BCUT2D eigenvalue weighted by Crippen LogP contribution is -2.13. The van der Waals surface area contributed by atoms with E-state index in [1.807, 2.05) is 6.92 Å². The lowest BCUT2D eigenvalue weighted by Gasteiger charge is -2.10. The molecule has 0 N–H and O–H groups in total. The SMILES string of the molecule is CCC(COC)COC=O. The van der Waals surface area contributed by atoms with Crippen molar-refractivity contribution in [3.05, 3.63) is 0 Å². The van der Waals surface area contributed by atoms with E-state index >= 15 is 0 Å². The highest BCUT2D eigenvalue weighted by Crippen LogP contribution is 2.01. The van der Waals surface area contributed by atoms with E-state index in [0.29, 0.717) is 25.6 Å². The van der Waals surface area contributed by atoms with Crippen LogP contribution in [-0.4, -0.2) is 26.8 Å². The van der Waals surface area contributed by atoms with Gasteiger partial charge in [-0.25, -0.2) is 0 Å². The summed E-state index contributed by atoms with van der Waals surface area (Å²) in [6.45, 7) is 3.63. The molecule has 10 heavy (non-hydrogen) atoms. The van der Waals surface area contributed by atoms with Crippen LogP contribution in [0, 0.1) is 5.92 Å². The molecule has 0 aliphatic carbocycles. The predicted octanol–water partition coefficient (Wildman–Crippen LogP) is 0.832. The van der Waals surface area contributed by atoms with Gasteiger partial charge in [0.1, 0.15) is 0 Å². The standard InChI is InChI=1S/C7H14O3/c1-3-7(4-9-2)5-10-6-8/h6-7H,3-5H2,1-2H3. The molecule has 0 aliphatic heterocycles. The smallest absolute Gasteiger partial charge is 0.293 e. The van der Waals surface area contributed by atoms with Crippen LogP contribution >= 0.6 is 0 Å². The van der Waals surface area contributed by atoms with E-state index in [4.69, 9.17) is 4.74 Å². The average molecular weight is 146 g/mol. The molecule has 0 bridgehead atoms. The van der Waals surface area contributed by atoms with Gasteiger partial charge in [-0.1, -0.05) is 6.92 Å². The molecule has 0 heterocycles. The van der Waals surface area contributed by atoms with E-state index in [1.165, 1.54) is 0 Å². The van der Waals surface area contributed by atoms with Crippen molar-refractivity contribution in [1.29, 1.82) is 0 Å². The van der Waals surface area contributed by atoms with Crippen LogP contribution in [0.5, 0.6) is 0 Å². The third-order valence-corrected chi connectivity index (χ3v) is 1.38. The lowest BCUT2D eigenvalue weighted by atomic mass is 10.1. The Morgan fingerprint density at radius 3 is 2.60 bits per heavy atom. The Balaban J connectivity index is 3.29. The van der Waals surface area contributed by atoms with Gasteiger partial charge in [-0.15, -0.1) is 0 Å². The van der Waals surface area contributed by atoms with Crippen molar-refractivity contribution < 1.29 is 14.3 Å². The average Bonchev–Trinajstić information content (AvgIpc) is 1.98. The first kappa shape index (κ1) is 9.43. The van der Waals surface area contributed by atoms with E-state index < -0.39 is 0 Å². The van der Waals surface area contributed by atoms with Gasteiger partial charge in [0.2, 0.25) is 0 Å². The fraction of sp³-hybridized carbons (Fsp3) is 0.857. The number of hydrogen-bond acceptors (Lipinski definition) is 3. The highest BCUT2D eigenvalue weighted by Gasteiger charge is 2.04. The van der Waals surface area contributed by atoms with Crippen LogP contribution in [0.15, 0.2) is 0 Å². The first-order chi connectivity index (χ1) is 4.85. The second-order valence-corrected chi connectivity index (χ2v) is 2.16. The Kier molecular flexibility index (Phi) is 6.18. The van der Waals surface area contributed by atoms with Crippen molar-refractivity contribution in [3.8, 4) is 0 Å². The quantitative estimate of drug-likeness (QED) is 0.521. The van der Waals surface area contributed by atoms with E-state index in [0.717, 1.165) is 6.42 Å². The maximum absolute atomic E-state index is 9.77. The molecule has 0 aromatic carbocycles. The zero-order valence-corrected chi connectivity index (χ0v) is 6.50. The number of rotatable bonds is 6. The molecular weight excluding hydrogens is 132 g/mol. The van der Waals surface area contributed by atoms with Gasteiger partial charge in [-0.3, -0.25) is 4.79 Å². The summed E-state index contributed by atoms with van der Waals surface area (Å²) in [6, 6.07) is 0. The van der Waals surface area contributed by atoms with Crippen LogP contribution in [0.1, 0.15) is 13.3 Å². The molecule has 3 nitrogen and oxygen atoms in total. The summed E-state index contributed by atoms with van der Waals surface area (Å²) < 4.78 is 9.47. The van der Waals surface area contributed by atoms with Gasteiger partial charge < -0.3 is 9.47 Å². The summed E-state index contributed by atoms with van der Waals surface area (Å²) in [5.74, 6) is 0.343. The van der Waals surface area contributed by atoms with Gasteiger partial charge in [0, 0.05) is 13.0 Å². The summed E-state index contributed by atoms with van der Waals surface area (Å²) in [4.78, 5) is 9.77. The Morgan fingerprint density at radius 2 is 2.20 bits per heavy atom. The molecule has 0 aromatic rings. The van der Waals surface area contributed by atoms with Crippen molar-refractivity contribution in [2.24, 2.45) is 5.92 Å². The second-order valence-electron chi connectivity index (χ2n) is 2.16. The molecule has 1 atom stereocenters. The van der Waals surface area contributed by atoms with E-state index in [-0.39, 0.29) is 0 Å². The van der Waals surface area contributed by atoms with Crippen LogP contribution in [0.2, 0.25) is 0 Å². The third-order valence-electron chi connectivity index (χ3n) is 1.38. The van der Waals surface area contributed by atoms with Gasteiger partial charge in [0.05, 0.1) is 13.2 Å². The third kappa shape index (κ3) is 4.32. The Morgan fingerprint density at radius 1 is 1.50 bits per heavy atom. The summed E-state index contributed by atoms with van der Waals surface area (Å²) >= 11 is 0. The summed E-state index contributed by atoms with van der Waals surface area (Å²) in [5.41, 5.74) is 0. The van der Waals surface area contributed by atoms with Gasteiger partial charge >= 0.3 is 0 Å². The monoisotopic (exact) mass is 146 g/mol. The first-order valence-electron chi connectivity index (χ1n) is 3.39. The maximum atomic E-state index is 9.77. The molecular formula is C7H14O3. The lowest BCUT2D eigenvalue weighted by molar-refractivity contribution is -0.130. The summed E-state index contributed by atoms with van der Waals surface area (Å²) in [7, 11) is 1.64. The highest BCUT2D eigenvalue weighted by molar-refractivity contribution is 5.36. The zero-order chi connectivity index (χ0) is 7.82.